The Morgan fingerprint density at radius 1 is 0.947 bits per heavy atom. The van der Waals surface area contributed by atoms with Crippen LogP contribution in [0.4, 0.5) is 0 Å². The van der Waals surface area contributed by atoms with Crippen molar-refractivity contribution >= 4 is 16.7 Å². The van der Waals surface area contributed by atoms with Gasteiger partial charge in [0.2, 0.25) is 0 Å². The normalized spacial score (nSPS) is 13.4. The molecule has 2 nitrogen and oxygen atoms in total. The fourth-order valence-corrected chi connectivity index (χ4v) is 3.11. The van der Waals surface area contributed by atoms with Gasteiger partial charge in [-0.15, -0.1) is 0 Å². The minimum absolute atomic E-state index is 0.145. The van der Waals surface area contributed by atoms with Crippen molar-refractivity contribution in [2.75, 3.05) is 0 Å². The van der Waals surface area contributed by atoms with Crippen molar-refractivity contribution in [3.8, 4) is 0 Å². The molecule has 0 unspecified atom stereocenters. The van der Waals surface area contributed by atoms with E-state index in [0.717, 1.165) is 34.0 Å². The quantitative estimate of drug-likeness (QED) is 0.467. The summed E-state index contributed by atoms with van der Waals surface area (Å²) in [6.45, 7) is 0. The fraction of sp³-hybridized carbons (Fsp3) is 0.118. The zero-order valence-corrected chi connectivity index (χ0v) is 10.7. The van der Waals surface area contributed by atoms with Crippen LogP contribution in [0.25, 0.3) is 10.9 Å². The monoisotopic (exact) mass is 247 g/mol. The molecule has 0 aliphatic heterocycles. The van der Waals surface area contributed by atoms with Crippen molar-refractivity contribution < 1.29 is 4.79 Å². The number of rotatable bonds is 0. The molecule has 0 radical (unpaired) electrons. The van der Waals surface area contributed by atoms with Crippen LogP contribution < -0.4 is 0 Å². The minimum Gasteiger partial charge on any atom is -0.350 e. The molecule has 0 atom stereocenters. The van der Waals surface area contributed by atoms with Crippen molar-refractivity contribution in [3.05, 3.63) is 70.9 Å². The Balaban J connectivity index is 2.15. The van der Waals surface area contributed by atoms with E-state index in [0.29, 0.717) is 0 Å². The maximum Gasteiger partial charge on any atom is 0.194 e. The van der Waals surface area contributed by atoms with Crippen LogP contribution in [0.2, 0.25) is 0 Å². The van der Waals surface area contributed by atoms with E-state index in [4.69, 9.17) is 0 Å². The van der Waals surface area contributed by atoms with E-state index in [9.17, 15) is 4.79 Å². The summed E-state index contributed by atoms with van der Waals surface area (Å²) in [4.78, 5) is 12.7. The molecule has 0 bridgehead atoms. The van der Waals surface area contributed by atoms with Crippen LogP contribution in [-0.2, 0) is 13.5 Å². The van der Waals surface area contributed by atoms with E-state index in [2.05, 4.69) is 22.9 Å². The average molecular weight is 247 g/mol. The van der Waals surface area contributed by atoms with Crippen LogP contribution in [-0.4, -0.2) is 10.4 Å². The molecule has 0 fully saturated rings. The van der Waals surface area contributed by atoms with Crippen LogP contribution in [0.1, 0.15) is 27.0 Å². The number of nitrogens with zero attached hydrogens (tertiary/aromatic N) is 1. The number of benzene rings is 2. The van der Waals surface area contributed by atoms with Gasteiger partial charge in [-0.05, 0) is 17.2 Å². The van der Waals surface area contributed by atoms with Crippen molar-refractivity contribution in [3.63, 3.8) is 0 Å². The first-order valence-electron chi connectivity index (χ1n) is 6.45. The van der Waals surface area contributed by atoms with Gasteiger partial charge in [-0.2, -0.15) is 0 Å². The van der Waals surface area contributed by atoms with E-state index < -0.39 is 0 Å². The molecule has 1 aromatic heterocycles. The standard InChI is InChI=1S/C17H13NO/c1-18-10-12-9-11-5-2-3-6-13(11)17(19)14-7-4-8-15(18)16(12)14/h2-8,10H,9H2,1H3. The smallest absolute Gasteiger partial charge is 0.194 e. The molecule has 1 aliphatic rings. The summed E-state index contributed by atoms with van der Waals surface area (Å²) >= 11 is 0. The molecule has 0 amide bonds. The highest BCUT2D eigenvalue weighted by molar-refractivity contribution is 6.18. The molecule has 2 aromatic carbocycles. The van der Waals surface area contributed by atoms with E-state index >= 15 is 0 Å². The van der Waals surface area contributed by atoms with Crippen molar-refractivity contribution in [2.24, 2.45) is 7.05 Å². The van der Waals surface area contributed by atoms with E-state index in [-0.39, 0.29) is 5.78 Å². The van der Waals surface area contributed by atoms with Gasteiger partial charge in [-0.1, -0.05) is 36.4 Å². The summed E-state index contributed by atoms with van der Waals surface area (Å²) in [5.74, 6) is 0.145. The topological polar surface area (TPSA) is 22.0 Å². The van der Waals surface area contributed by atoms with Gasteiger partial charge in [0.15, 0.2) is 5.78 Å². The second-order valence-electron chi connectivity index (χ2n) is 5.13. The van der Waals surface area contributed by atoms with Crippen LogP contribution in [0.3, 0.4) is 0 Å². The van der Waals surface area contributed by atoms with Gasteiger partial charge in [-0.25, -0.2) is 0 Å². The predicted octanol–water partition coefficient (Wildman–Crippen LogP) is 3.31. The molecule has 92 valence electrons. The van der Waals surface area contributed by atoms with E-state index in [1.165, 1.54) is 5.56 Å². The molecular weight excluding hydrogens is 234 g/mol. The maximum atomic E-state index is 12.7. The van der Waals surface area contributed by atoms with Gasteiger partial charge in [0.25, 0.3) is 0 Å². The third kappa shape index (κ3) is 1.34. The fourth-order valence-electron chi connectivity index (χ4n) is 3.11. The highest BCUT2D eigenvalue weighted by Crippen LogP contribution is 2.32. The number of hydrogen-bond donors (Lipinski definition) is 0. The first-order valence-corrected chi connectivity index (χ1v) is 6.45. The highest BCUT2D eigenvalue weighted by atomic mass is 16.1. The van der Waals surface area contributed by atoms with Crippen LogP contribution in [0, 0.1) is 0 Å². The summed E-state index contributed by atoms with van der Waals surface area (Å²) < 4.78 is 2.11. The number of carbonyl (C=O) groups excluding carboxylic acids is 1. The highest BCUT2D eigenvalue weighted by Gasteiger charge is 2.23. The third-order valence-electron chi connectivity index (χ3n) is 3.98. The van der Waals surface area contributed by atoms with Crippen molar-refractivity contribution in [2.45, 2.75) is 6.42 Å². The number of fused-ring (bicyclic) bond motifs is 1. The summed E-state index contributed by atoms with van der Waals surface area (Å²) in [6, 6.07) is 13.9. The summed E-state index contributed by atoms with van der Waals surface area (Å²) in [7, 11) is 2.04. The van der Waals surface area contributed by atoms with Gasteiger partial charge in [0.05, 0.1) is 0 Å². The van der Waals surface area contributed by atoms with Crippen LogP contribution in [0.5, 0.6) is 0 Å². The second-order valence-corrected chi connectivity index (χ2v) is 5.13. The second kappa shape index (κ2) is 3.58. The lowest BCUT2D eigenvalue weighted by Gasteiger charge is -2.05. The zero-order valence-electron chi connectivity index (χ0n) is 10.7. The van der Waals surface area contributed by atoms with Crippen LogP contribution in [0.15, 0.2) is 48.7 Å². The third-order valence-corrected chi connectivity index (χ3v) is 3.98. The van der Waals surface area contributed by atoms with Gasteiger partial charge >= 0.3 is 0 Å². The molecule has 1 heterocycles. The molecule has 0 saturated carbocycles. The number of ketones is 1. The Kier molecular flexibility index (Phi) is 1.99. The molecule has 4 rings (SSSR count). The number of carbonyl (C=O) groups is 1. The lowest BCUT2D eigenvalue weighted by molar-refractivity contribution is 0.104. The summed E-state index contributed by atoms with van der Waals surface area (Å²) in [5, 5.41) is 1.12. The summed E-state index contributed by atoms with van der Waals surface area (Å²) in [5.41, 5.74) is 5.17. The molecule has 19 heavy (non-hydrogen) atoms. The first-order chi connectivity index (χ1) is 9.25. The van der Waals surface area contributed by atoms with Gasteiger partial charge < -0.3 is 4.57 Å². The van der Waals surface area contributed by atoms with E-state index in [1.807, 2.05) is 37.4 Å². The summed E-state index contributed by atoms with van der Waals surface area (Å²) in [6.07, 6.45) is 2.97. The molecule has 0 spiro atoms. The molecule has 1 aliphatic carbocycles. The molecular formula is C17H13NO. The molecule has 3 aromatic rings. The lowest BCUT2D eigenvalue weighted by Crippen LogP contribution is -2.03. The minimum atomic E-state index is 0.145. The predicted molar refractivity (Wildman–Crippen MR) is 75.6 cm³/mol. The molecule has 0 saturated heterocycles. The van der Waals surface area contributed by atoms with Crippen LogP contribution >= 0.6 is 0 Å². The van der Waals surface area contributed by atoms with E-state index in [1.54, 1.807) is 0 Å². The lowest BCUT2D eigenvalue weighted by atomic mass is 9.99. The number of aromatic nitrogens is 1. The first kappa shape index (κ1) is 10.6. The largest absolute Gasteiger partial charge is 0.350 e. The SMILES string of the molecule is Cn1cc2c3c(cccc31)C(=O)c1ccccc1C2. The Morgan fingerprint density at radius 2 is 1.74 bits per heavy atom. The van der Waals surface area contributed by atoms with Gasteiger partial charge in [0.1, 0.15) is 0 Å². The molecule has 0 N–H and O–H groups in total. The van der Waals surface area contributed by atoms with Gasteiger partial charge in [-0.3, -0.25) is 4.79 Å². The average Bonchev–Trinajstić information content (AvgIpc) is 2.69. The Morgan fingerprint density at radius 3 is 2.63 bits per heavy atom. The number of hydrogen-bond acceptors (Lipinski definition) is 1. The van der Waals surface area contributed by atoms with Gasteiger partial charge in [0, 0.05) is 41.7 Å². The number of aryl methyl sites for hydroxylation is 1. The zero-order chi connectivity index (χ0) is 13.0. The Labute approximate surface area is 111 Å². The molecule has 2 heteroatoms. The Bertz CT molecular complexity index is 826. The Hall–Kier alpha value is -2.35. The van der Waals surface area contributed by atoms with Crippen molar-refractivity contribution in [1.29, 1.82) is 0 Å². The maximum absolute atomic E-state index is 12.7. The van der Waals surface area contributed by atoms with Crippen molar-refractivity contribution in [1.82, 2.24) is 4.57 Å².